The van der Waals surface area contributed by atoms with Crippen LogP contribution in [0.3, 0.4) is 0 Å². The monoisotopic (exact) mass is 203 g/mol. The first-order valence-electron chi connectivity index (χ1n) is 6.26. The lowest BCUT2D eigenvalue weighted by Gasteiger charge is -2.32. The molecule has 1 aromatic carbocycles. The lowest BCUT2D eigenvalue weighted by Crippen LogP contribution is -2.24. The molecule has 0 saturated carbocycles. The molecule has 0 unspecified atom stereocenters. The normalized spacial score (nSPS) is 11.7. The standard InChI is InChI=1S/C15H23/c1-4-7-13-15(5-2,6-3)14-11-9-8-10-12-14/h8-11H,4-7,13H2,1-3H3. The SMILES string of the molecule is CCCCC(CC)(CC)c1[c]cccc1. The van der Waals surface area contributed by atoms with Crippen LogP contribution in [-0.2, 0) is 5.41 Å². The molecule has 1 aromatic rings. The summed E-state index contributed by atoms with van der Waals surface area (Å²) >= 11 is 0. The van der Waals surface area contributed by atoms with Crippen LogP contribution in [0, 0.1) is 6.07 Å². The highest BCUT2D eigenvalue weighted by Crippen LogP contribution is 2.36. The second kappa shape index (κ2) is 5.95. The van der Waals surface area contributed by atoms with Crippen LogP contribution in [0.5, 0.6) is 0 Å². The van der Waals surface area contributed by atoms with Crippen molar-refractivity contribution in [1.29, 1.82) is 0 Å². The fraction of sp³-hybridized carbons (Fsp3) is 0.600. The van der Waals surface area contributed by atoms with E-state index in [1.165, 1.54) is 37.7 Å². The Morgan fingerprint density at radius 1 is 1.13 bits per heavy atom. The minimum Gasteiger partial charge on any atom is -0.0654 e. The van der Waals surface area contributed by atoms with E-state index in [1.54, 1.807) is 0 Å². The van der Waals surface area contributed by atoms with Gasteiger partial charge >= 0.3 is 0 Å². The lowest BCUT2D eigenvalue weighted by atomic mass is 9.72. The highest BCUT2D eigenvalue weighted by Gasteiger charge is 2.27. The summed E-state index contributed by atoms with van der Waals surface area (Å²) in [7, 11) is 0. The van der Waals surface area contributed by atoms with Gasteiger partial charge in [-0.25, -0.2) is 0 Å². The van der Waals surface area contributed by atoms with Gasteiger partial charge in [-0.15, -0.1) is 0 Å². The van der Waals surface area contributed by atoms with Crippen molar-refractivity contribution in [2.45, 2.75) is 58.3 Å². The molecule has 0 heteroatoms. The topological polar surface area (TPSA) is 0 Å². The third kappa shape index (κ3) is 2.84. The molecule has 0 amide bonds. The van der Waals surface area contributed by atoms with E-state index in [2.05, 4.69) is 45.0 Å². The molecule has 0 atom stereocenters. The average molecular weight is 203 g/mol. The fourth-order valence-electron chi connectivity index (χ4n) is 2.36. The molecule has 0 spiro atoms. The number of unbranched alkanes of at least 4 members (excludes halogenated alkanes) is 1. The number of hydrogen-bond donors (Lipinski definition) is 0. The number of hydrogen-bond acceptors (Lipinski definition) is 0. The van der Waals surface area contributed by atoms with E-state index >= 15 is 0 Å². The fourth-order valence-corrected chi connectivity index (χ4v) is 2.36. The Morgan fingerprint density at radius 2 is 1.87 bits per heavy atom. The lowest BCUT2D eigenvalue weighted by molar-refractivity contribution is 0.353. The molecule has 0 aliphatic heterocycles. The summed E-state index contributed by atoms with van der Waals surface area (Å²) in [5.74, 6) is 0. The summed E-state index contributed by atoms with van der Waals surface area (Å²) in [6.45, 7) is 6.88. The Labute approximate surface area is 94.7 Å². The second-order valence-corrected chi connectivity index (χ2v) is 4.37. The third-order valence-electron chi connectivity index (χ3n) is 3.64. The molecule has 0 aliphatic rings. The predicted molar refractivity (Wildman–Crippen MR) is 67.1 cm³/mol. The molecule has 0 N–H and O–H groups in total. The highest BCUT2D eigenvalue weighted by atomic mass is 14.3. The minimum atomic E-state index is 0.372. The van der Waals surface area contributed by atoms with Crippen molar-refractivity contribution in [3.63, 3.8) is 0 Å². The van der Waals surface area contributed by atoms with Crippen LogP contribution < -0.4 is 0 Å². The molecule has 1 radical (unpaired) electrons. The summed E-state index contributed by atoms with van der Waals surface area (Å²) in [6.07, 6.45) is 6.37. The summed E-state index contributed by atoms with van der Waals surface area (Å²) in [6, 6.07) is 11.9. The summed E-state index contributed by atoms with van der Waals surface area (Å²) in [5, 5.41) is 0. The van der Waals surface area contributed by atoms with Gasteiger partial charge in [0.15, 0.2) is 0 Å². The number of benzene rings is 1. The van der Waals surface area contributed by atoms with Crippen LogP contribution in [0.15, 0.2) is 24.3 Å². The van der Waals surface area contributed by atoms with Gasteiger partial charge in [0, 0.05) is 0 Å². The maximum absolute atomic E-state index is 3.42. The van der Waals surface area contributed by atoms with Crippen LogP contribution in [-0.4, -0.2) is 0 Å². The molecule has 15 heavy (non-hydrogen) atoms. The Kier molecular flexibility index (Phi) is 4.87. The van der Waals surface area contributed by atoms with Crippen molar-refractivity contribution in [2.75, 3.05) is 0 Å². The second-order valence-electron chi connectivity index (χ2n) is 4.37. The van der Waals surface area contributed by atoms with E-state index in [4.69, 9.17) is 0 Å². The van der Waals surface area contributed by atoms with Gasteiger partial charge in [0.2, 0.25) is 0 Å². The van der Waals surface area contributed by atoms with Crippen LogP contribution in [0.4, 0.5) is 0 Å². The smallest absolute Gasteiger partial charge is 0.00461 e. The first-order chi connectivity index (χ1) is 7.29. The zero-order chi connectivity index (χ0) is 11.1. The van der Waals surface area contributed by atoms with Gasteiger partial charge < -0.3 is 0 Å². The molecule has 0 heterocycles. The maximum atomic E-state index is 3.42. The maximum Gasteiger partial charge on any atom is -0.00461 e. The molecule has 0 bridgehead atoms. The van der Waals surface area contributed by atoms with Gasteiger partial charge in [-0.1, -0.05) is 57.9 Å². The zero-order valence-corrected chi connectivity index (χ0v) is 10.3. The van der Waals surface area contributed by atoms with Gasteiger partial charge in [0.25, 0.3) is 0 Å². The quantitative estimate of drug-likeness (QED) is 0.626. The van der Waals surface area contributed by atoms with Crippen molar-refractivity contribution in [3.8, 4) is 0 Å². The van der Waals surface area contributed by atoms with Gasteiger partial charge in [-0.05, 0) is 36.3 Å². The van der Waals surface area contributed by atoms with Crippen LogP contribution in [0.25, 0.3) is 0 Å². The average Bonchev–Trinajstić information content (AvgIpc) is 2.33. The first kappa shape index (κ1) is 12.3. The molecule has 0 aliphatic carbocycles. The Morgan fingerprint density at radius 3 is 2.33 bits per heavy atom. The van der Waals surface area contributed by atoms with Crippen LogP contribution in [0.1, 0.15) is 58.4 Å². The summed E-state index contributed by atoms with van der Waals surface area (Å²) in [4.78, 5) is 0. The van der Waals surface area contributed by atoms with Crippen LogP contribution >= 0.6 is 0 Å². The van der Waals surface area contributed by atoms with E-state index in [1.807, 2.05) is 6.07 Å². The van der Waals surface area contributed by atoms with Crippen molar-refractivity contribution in [2.24, 2.45) is 0 Å². The third-order valence-corrected chi connectivity index (χ3v) is 3.64. The Balaban J connectivity index is 2.89. The van der Waals surface area contributed by atoms with Crippen LogP contribution in [0.2, 0.25) is 0 Å². The molecule has 0 saturated heterocycles. The van der Waals surface area contributed by atoms with Gasteiger partial charge in [0.1, 0.15) is 0 Å². The molecular formula is C15H23. The number of rotatable bonds is 6. The van der Waals surface area contributed by atoms with Crippen molar-refractivity contribution < 1.29 is 0 Å². The molecule has 0 nitrogen and oxygen atoms in total. The minimum absolute atomic E-state index is 0.372. The van der Waals surface area contributed by atoms with Crippen molar-refractivity contribution >= 4 is 0 Å². The predicted octanol–water partition coefficient (Wildman–Crippen LogP) is 4.73. The van der Waals surface area contributed by atoms with E-state index in [-0.39, 0.29) is 0 Å². The Bertz CT molecular complexity index is 257. The van der Waals surface area contributed by atoms with Crippen molar-refractivity contribution in [1.82, 2.24) is 0 Å². The van der Waals surface area contributed by atoms with Gasteiger partial charge in [-0.3, -0.25) is 0 Å². The van der Waals surface area contributed by atoms with E-state index < -0.39 is 0 Å². The zero-order valence-electron chi connectivity index (χ0n) is 10.3. The molecule has 0 fully saturated rings. The Hall–Kier alpha value is -0.780. The van der Waals surface area contributed by atoms with E-state index in [0.29, 0.717) is 5.41 Å². The molecular weight excluding hydrogens is 180 g/mol. The van der Waals surface area contributed by atoms with E-state index in [0.717, 1.165) is 0 Å². The molecule has 83 valence electrons. The molecule has 1 rings (SSSR count). The summed E-state index contributed by atoms with van der Waals surface area (Å²) in [5.41, 5.74) is 1.78. The van der Waals surface area contributed by atoms with Gasteiger partial charge in [-0.2, -0.15) is 0 Å². The highest BCUT2D eigenvalue weighted by molar-refractivity contribution is 5.23. The largest absolute Gasteiger partial charge is 0.0654 e. The van der Waals surface area contributed by atoms with Crippen molar-refractivity contribution in [3.05, 3.63) is 35.9 Å². The first-order valence-corrected chi connectivity index (χ1v) is 6.26. The van der Waals surface area contributed by atoms with E-state index in [9.17, 15) is 0 Å². The molecule has 0 aromatic heterocycles. The summed E-state index contributed by atoms with van der Waals surface area (Å²) < 4.78 is 0. The van der Waals surface area contributed by atoms with Gasteiger partial charge in [0.05, 0.1) is 0 Å².